The van der Waals surface area contributed by atoms with Crippen LogP contribution in [0.5, 0.6) is 0 Å². The SMILES string of the molecule is Cc1ccc(C)c(NC(=O)CCN(c2cccc(C)c2C)S(C)(=O)=O)c1. The van der Waals surface area contributed by atoms with Gasteiger partial charge in [-0.1, -0.05) is 24.3 Å². The van der Waals surface area contributed by atoms with Gasteiger partial charge < -0.3 is 5.32 Å². The van der Waals surface area contributed by atoms with Crippen molar-refractivity contribution >= 4 is 27.3 Å². The van der Waals surface area contributed by atoms with Crippen molar-refractivity contribution in [2.24, 2.45) is 0 Å². The molecule has 0 unspecified atom stereocenters. The van der Waals surface area contributed by atoms with Crippen LogP contribution in [0.25, 0.3) is 0 Å². The van der Waals surface area contributed by atoms with Crippen LogP contribution in [0.3, 0.4) is 0 Å². The van der Waals surface area contributed by atoms with Crippen LogP contribution in [0.2, 0.25) is 0 Å². The van der Waals surface area contributed by atoms with Gasteiger partial charge in [-0.15, -0.1) is 0 Å². The Morgan fingerprint density at radius 3 is 2.38 bits per heavy atom. The first kappa shape index (κ1) is 20.0. The van der Waals surface area contributed by atoms with Crippen molar-refractivity contribution in [1.29, 1.82) is 0 Å². The second kappa shape index (κ2) is 7.91. The van der Waals surface area contributed by atoms with Gasteiger partial charge in [0.25, 0.3) is 0 Å². The highest BCUT2D eigenvalue weighted by atomic mass is 32.2. The Morgan fingerprint density at radius 2 is 1.73 bits per heavy atom. The molecule has 2 aromatic carbocycles. The minimum atomic E-state index is -3.49. The molecule has 26 heavy (non-hydrogen) atoms. The average Bonchev–Trinajstić information content (AvgIpc) is 2.53. The summed E-state index contributed by atoms with van der Waals surface area (Å²) in [5, 5.41) is 2.87. The maximum Gasteiger partial charge on any atom is 0.232 e. The van der Waals surface area contributed by atoms with Crippen LogP contribution in [-0.4, -0.2) is 27.1 Å². The van der Waals surface area contributed by atoms with Crippen molar-refractivity contribution in [3.63, 3.8) is 0 Å². The zero-order valence-electron chi connectivity index (χ0n) is 16.0. The highest BCUT2D eigenvalue weighted by Gasteiger charge is 2.21. The number of amides is 1. The van der Waals surface area contributed by atoms with E-state index in [0.717, 1.165) is 34.2 Å². The summed E-state index contributed by atoms with van der Waals surface area (Å²) >= 11 is 0. The summed E-state index contributed by atoms with van der Waals surface area (Å²) < 4.78 is 25.8. The summed E-state index contributed by atoms with van der Waals surface area (Å²) in [5.74, 6) is -0.211. The normalized spacial score (nSPS) is 11.3. The van der Waals surface area contributed by atoms with Gasteiger partial charge in [0.15, 0.2) is 0 Å². The van der Waals surface area contributed by atoms with E-state index in [-0.39, 0.29) is 18.9 Å². The largest absolute Gasteiger partial charge is 0.326 e. The summed E-state index contributed by atoms with van der Waals surface area (Å²) in [7, 11) is -3.49. The molecule has 0 bridgehead atoms. The van der Waals surface area contributed by atoms with Crippen LogP contribution in [0, 0.1) is 27.7 Å². The zero-order chi connectivity index (χ0) is 19.5. The van der Waals surface area contributed by atoms with Crippen molar-refractivity contribution in [2.75, 3.05) is 22.4 Å². The first-order valence-electron chi connectivity index (χ1n) is 8.50. The molecule has 0 saturated carbocycles. The summed E-state index contributed by atoms with van der Waals surface area (Å²) in [6.45, 7) is 7.81. The van der Waals surface area contributed by atoms with Gasteiger partial charge in [-0.25, -0.2) is 8.42 Å². The van der Waals surface area contributed by atoms with Gasteiger partial charge in [0.1, 0.15) is 0 Å². The summed E-state index contributed by atoms with van der Waals surface area (Å²) in [5.41, 5.74) is 5.31. The number of anilines is 2. The number of hydrogen-bond donors (Lipinski definition) is 1. The van der Waals surface area contributed by atoms with Crippen LogP contribution in [0.4, 0.5) is 11.4 Å². The van der Waals surface area contributed by atoms with Crippen molar-refractivity contribution in [3.8, 4) is 0 Å². The Labute approximate surface area is 156 Å². The molecule has 0 fully saturated rings. The van der Waals surface area contributed by atoms with E-state index in [1.54, 1.807) is 6.07 Å². The summed E-state index contributed by atoms with van der Waals surface area (Å²) in [4.78, 5) is 12.4. The second-order valence-corrected chi connectivity index (χ2v) is 8.58. The highest BCUT2D eigenvalue weighted by Crippen LogP contribution is 2.25. The van der Waals surface area contributed by atoms with E-state index in [9.17, 15) is 13.2 Å². The number of carbonyl (C=O) groups excluding carboxylic acids is 1. The fourth-order valence-electron chi connectivity index (χ4n) is 2.76. The smallest absolute Gasteiger partial charge is 0.232 e. The van der Waals surface area contributed by atoms with Crippen LogP contribution in [0.15, 0.2) is 36.4 Å². The molecule has 140 valence electrons. The molecular formula is C20H26N2O3S. The number of rotatable bonds is 6. The van der Waals surface area contributed by atoms with E-state index in [1.165, 1.54) is 4.31 Å². The third-order valence-electron chi connectivity index (χ3n) is 4.45. The fourth-order valence-corrected chi connectivity index (χ4v) is 3.74. The Morgan fingerprint density at radius 1 is 1.04 bits per heavy atom. The Hall–Kier alpha value is -2.34. The molecule has 0 aromatic heterocycles. The number of benzene rings is 2. The average molecular weight is 375 g/mol. The lowest BCUT2D eigenvalue weighted by molar-refractivity contribution is -0.116. The Balaban J connectivity index is 2.16. The number of hydrogen-bond acceptors (Lipinski definition) is 3. The molecule has 1 N–H and O–H groups in total. The minimum Gasteiger partial charge on any atom is -0.326 e. The molecule has 0 spiro atoms. The van der Waals surface area contributed by atoms with Crippen molar-refractivity contribution < 1.29 is 13.2 Å². The number of aryl methyl sites for hydroxylation is 3. The second-order valence-electron chi connectivity index (χ2n) is 6.67. The summed E-state index contributed by atoms with van der Waals surface area (Å²) in [6.07, 6.45) is 1.24. The summed E-state index contributed by atoms with van der Waals surface area (Å²) in [6, 6.07) is 11.4. The molecule has 0 atom stereocenters. The molecule has 2 rings (SSSR count). The van der Waals surface area contributed by atoms with Crippen LogP contribution in [0.1, 0.15) is 28.7 Å². The molecule has 0 radical (unpaired) electrons. The molecule has 6 heteroatoms. The van der Waals surface area contributed by atoms with Gasteiger partial charge in [0.2, 0.25) is 15.9 Å². The van der Waals surface area contributed by atoms with Gasteiger partial charge in [0.05, 0.1) is 11.9 Å². The lowest BCUT2D eigenvalue weighted by Crippen LogP contribution is -2.33. The van der Waals surface area contributed by atoms with Gasteiger partial charge in [0, 0.05) is 18.7 Å². The fraction of sp³-hybridized carbons (Fsp3) is 0.350. The zero-order valence-corrected chi connectivity index (χ0v) is 16.8. The first-order valence-corrected chi connectivity index (χ1v) is 10.4. The van der Waals surface area contributed by atoms with E-state index < -0.39 is 10.0 Å². The van der Waals surface area contributed by atoms with Crippen molar-refractivity contribution in [2.45, 2.75) is 34.1 Å². The molecule has 1 amide bonds. The van der Waals surface area contributed by atoms with E-state index in [1.807, 2.05) is 58.0 Å². The molecule has 5 nitrogen and oxygen atoms in total. The van der Waals surface area contributed by atoms with Crippen molar-refractivity contribution in [1.82, 2.24) is 0 Å². The topological polar surface area (TPSA) is 66.5 Å². The highest BCUT2D eigenvalue weighted by molar-refractivity contribution is 7.92. The predicted molar refractivity (Wildman–Crippen MR) is 107 cm³/mol. The van der Waals surface area contributed by atoms with E-state index >= 15 is 0 Å². The van der Waals surface area contributed by atoms with Crippen LogP contribution >= 0.6 is 0 Å². The van der Waals surface area contributed by atoms with Crippen molar-refractivity contribution in [3.05, 3.63) is 58.7 Å². The molecule has 2 aromatic rings. The first-order chi connectivity index (χ1) is 12.1. The number of carbonyl (C=O) groups is 1. The van der Waals surface area contributed by atoms with Crippen LogP contribution < -0.4 is 9.62 Å². The number of sulfonamides is 1. The quantitative estimate of drug-likeness (QED) is 0.838. The van der Waals surface area contributed by atoms with Gasteiger partial charge >= 0.3 is 0 Å². The van der Waals surface area contributed by atoms with E-state index in [2.05, 4.69) is 5.32 Å². The third kappa shape index (κ3) is 4.85. The standard InChI is InChI=1S/C20H26N2O3S/c1-14-9-10-16(3)18(13-14)21-20(23)11-12-22(26(5,24)25)19-8-6-7-15(2)17(19)4/h6-10,13H,11-12H2,1-5H3,(H,21,23). The predicted octanol–water partition coefficient (Wildman–Crippen LogP) is 3.72. The lowest BCUT2D eigenvalue weighted by atomic mass is 10.1. The number of nitrogens with one attached hydrogen (secondary N) is 1. The van der Waals surface area contributed by atoms with Gasteiger partial charge in [-0.3, -0.25) is 9.10 Å². The Bertz CT molecular complexity index is 921. The molecule has 0 aliphatic rings. The van der Waals surface area contributed by atoms with Gasteiger partial charge in [-0.2, -0.15) is 0 Å². The molecule has 0 saturated heterocycles. The lowest BCUT2D eigenvalue weighted by Gasteiger charge is -2.24. The third-order valence-corrected chi connectivity index (χ3v) is 5.63. The van der Waals surface area contributed by atoms with E-state index in [4.69, 9.17) is 0 Å². The minimum absolute atomic E-state index is 0.0772. The van der Waals surface area contributed by atoms with Gasteiger partial charge in [-0.05, 0) is 62.1 Å². The van der Waals surface area contributed by atoms with Crippen LogP contribution in [-0.2, 0) is 14.8 Å². The Kier molecular flexibility index (Phi) is 6.08. The van der Waals surface area contributed by atoms with E-state index in [0.29, 0.717) is 5.69 Å². The number of nitrogens with zero attached hydrogens (tertiary/aromatic N) is 1. The maximum atomic E-state index is 12.4. The molecule has 0 heterocycles. The molecule has 0 aliphatic carbocycles. The maximum absolute atomic E-state index is 12.4. The molecular weight excluding hydrogens is 348 g/mol. The molecule has 0 aliphatic heterocycles. The monoisotopic (exact) mass is 374 g/mol.